The number of fused-ring (bicyclic) bond motifs is 1. The third kappa shape index (κ3) is 4.49. The molecule has 1 heterocycles. The highest BCUT2D eigenvalue weighted by Crippen LogP contribution is 2.33. The second kappa shape index (κ2) is 7.99. The molecule has 0 aliphatic carbocycles. The average molecular weight is 371 g/mol. The smallest absolute Gasteiger partial charge is 0.341 e. The summed E-state index contributed by atoms with van der Waals surface area (Å²) in [5, 5.41) is 8.62. The molecule has 1 amide bonds. The van der Waals surface area contributed by atoms with E-state index in [9.17, 15) is 9.59 Å². The Labute approximate surface area is 157 Å². The normalized spacial score (nSPS) is 17.9. The van der Waals surface area contributed by atoms with E-state index in [1.54, 1.807) is 49.2 Å². The summed E-state index contributed by atoms with van der Waals surface area (Å²) in [4.78, 5) is 24.9. The first-order valence-electron chi connectivity index (χ1n) is 8.55. The van der Waals surface area contributed by atoms with Gasteiger partial charge in [0, 0.05) is 13.6 Å². The Balaban J connectivity index is 1.61. The highest BCUT2D eigenvalue weighted by Gasteiger charge is 2.35. The molecule has 27 heavy (non-hydrogen) atoms. The molecule has 1 N–H and O–H groups in total. The Morgan fingerprint density at radius 1 is 1.07 bits per heavy atom. The van der Waals surface area contributed by atoms with Crippen molar-refractivity contribution in [2.45, 2.75) is 25.7 Å². The van der Waals surface area contributed by atoms with E-state index in [2.05, 4.69) is 0 Å². The van der Waals surface area contributed by atoms with Crippen LogP contribution in [-0.2, 0) is 16.1 Å². The fourth-order valence-corrected chi connectivity index (χ4v) is 2.80. The Bertz CT molecular complexity index is 819. The van der Waals surface area contributed by atoms with Crippen LogP contribution >= 0.6 is 0 Å². The zero-order chi connectivity index (χ0) is 19.4. The fourth-order valence-electron chi connectivity index (χ4n) is 2.80. The molecule has 0 bridgehead atoms. The fraction of sp³-hybridized carbons (Fsp3) is 0.300. The number of carboxylic acid groups (broad SMARTS) is 1. The first-order chi connectivity index (χ1) is 12.9. The van der Waals surface area contributed by atoms with Gasteiger partial charge in [-0.05, 0) is 36.8 Å². The van der Waals surface area contributed by atoms with Crippen molar-refractivity contribution < 1.29 is 28.9 Å². The van der Waals surface area contributed by atoms with Crippen molar-refractivity contribution in [3.8, 4) is 17.2 Å². The third-order valence-corrected chi connectivity index (χ3v) is 4.17. The largest absolute Gasteiger partial charge is 0.482 e. The van der Waals surface area contributed by atoms with Crippen LogP contribution in [-0.4, -0.2) is 47.7 Å². The Kier molecular flexibility index (Phi) is 5.49. The van der Waals surface area contributed by atoms with Gasteiger partial charge in [0.2, 0.25) is 6.10 Å². The van der Waals surface area contributed by atoms with E-state index in [1.165, 1.54) is 0 Å². The van der Waals surface area contributed by atoms with Gasteiger partial charge in [0.1, 0.15) is 11.9 Å². The molecule has 2 aromatic carbocycles. The van der Waals surface area contributed by atoms with Gasteiger partial charge in [-0.25, -0.2) is 4.79 Å². The second-order valence-corrected chi connectivity index (χ2v) is 6.33. The number of hydrogen-bond acceptors (Lipinski definition) is 5. The van der Waals surface area contributed by atoms with Crippen LogP contribution in [0, 0.1) is 0 Å². The van der Waals surface area contributed by atoms with Crippen molar-refractivity contribution in [1.82, 2.24) is 4.90 Å². The Hall–Kier alpha value is -3.22. The Morgan fingerprint density at radius 3 is 2.33 bits per heavy atom. The number of aliphatic carboxylic acids is 1. The van der Waals surface area contributed by atoms with Crippen molar-refractivity contribution in [2.75, 3.05) is 13.7 Å². The van der Waals surface area contributed by atoms with Crippen molar-refractivity contribution in [2.24, 2.45) is 0 Å². The molecule has 7 nitrogen and oxygen atoms in total. The molecule has 142 valence electrons. The summed E-state index contributed by atoms with van der Waals surface area (Å²) < 4.78 is 16.7. The van der Waals surface area contributed by atoms with Crippen LogP contribution in [0.25, 0.3) is 0 Å². The van der Waals surface area contributed by atoms with Crippen LogP contribution in [0.5, 0.6) is 17.2 Å². The number of carboxylic acids is 1. The summed E-state index contributed by atoms with van der Waals surface area (Å²) in [5.74, 6) is 0.443. The molecule has 3 rings (SSSR count). The van der Waals surface area contributed by atoms with Gasteiger partial charge in [-0.15, -0.1) is 0 Å². The van der Waals surface area contributed by atoms with E-state index in [0.29, 0.717) is 23.8 Å². The summed E-state index contributed by atoms with van der Waals surface area (Å²) in [6.45, 7) is 1.79. The number of benzene rings is 2. The molecule has 1 aliphatic rings. The number of carbonyl (C=O) groups is 2. The maximum Gasteiger partial charge on any atom is 0.341 e. The number of para-hydroxylation sites is 2. The van der Waals surface area contributed by atoms with E-state index in [-0.39, 0.29) is 5.91 Å². The van der Waals surface area contributed by atoms with Gasteiger partial charge in [-0.1, -0.05) is 24.3 Å². The second-order valence-electron chi connectivity index (χ2n) is 6.33. The number of nitrogens with zero attached hydrogens (tertiary/aromatic N) is 1. The molecular formula is C20H21NO6. The van der Waals surface area contributed by atoms with Crippen LogP contribution in [0.1, 0.15) is 12.5 Å². The summed E-state index contributed by atoms with van der Waals surface area (Å²) in [6.07, 6.45) is -1.12. The lowest BCUT2D eigenvalue weighted by Crippen LogP contribution is -2.49. The van der Waals surface area contributed by atoms with Crippen molar-refractivity contribution in [1.29, 1.82) is 0 Å². The molecule has 0 saturated heterocycles. The monoisotopic (exact) mass is 371 g/mol. The predicted molar refractivity (Wildman–Crippen MR) is 97.0 cm³/mol. The summed E-state index contributed by atoms with van der Waals surface area (Å²) in [7, 11) is 1.70. The molecule has 2 unspecified atom stereocenters. The first-order valence-corrected chi connectivity index (χ1v) is 8.55. The predicted octanol–water partition coefficient (Wildman–Crippen LogP) is 2.34. The molecule has 1 aliphatic heterocycles. The van der Waals surface area contributed by atoms with Gasteiger partial charge in [-0.2, -0.15) is 0 Å². The van der Waals surface area contributed by atoms with Crippen molar-refractivity contribution >= 4 is 11.9 Å². The standard InChI is InChI=1S/C20H21NO6/c1-13-19(27-17-6-4-3-5-16(17)26-13)20(24)21(2)11-14-7-9-15(10-8-14)25-12-18(22)23/h3-10,13,19H,11-12H2,1-2H3,(H,22,23). The van der Waals surface area contributed by atoms with E-state index in [0.717, 1.165) is 5.56 Å². The maximum atomic E-state index is 12.8. The van der Waals surface area contributed by atoms with E-state index in [4.69, 9.17) is 19.3 Å². The molecule has 0 fully saturated rings. The minimum atomic E-state index is -1.03. The number of ether oxygens (including phenoxy) is 3. The van der Waals surface area contributed by atoms with Crippen LogP contribution in [0.3, 0.4) is 0 Å². The van der Waals surface area contributed by atoms with Gasteiger partial charge < -0.3 is 24.2 Å². The zero-order valence-electron chi connectivity index (χ0n) is 15.1. The number of rotatable bonds is 6. The minimum absolute atomic E-state index is 0.178. The van der Waals surface area contributed by atoms with Crippen LogP contribution in [0.4, 0.5) is 0 Å². The number of carbonyl (C=O) groups excluding carboxylic acids is 1. The van der Waals surface area contributed by atoms with Gasteiger partial charge in [0.05, 0.1) is 0 Å². The highest BCUT2D eigenvalue weighted by molar-refractivity contribution is 5.82. The lowest BCUT2D eigenvalue weighted by Gasteiger charge is -2.33. The van der Waals surface area contributed by atoms with Crippen molar-refractivity contribution in [3.63, 3.8) is 0 Å². The van der Waals surface area contributed by atoms with E-state index in [1.807, 2.05) is 18.2 Å². The van der Waals surface area contributed by atoms with Gasteiger partial charge in [-0.3, -0.25) is 4.79 Å². The van der Waals surface area contributed by atoms with E-state index < -0.39 is 24.8 Å². The molecular weight excluding hydrogens is 350 g/mol. The minimum Gasteiger partial charge on any atom is -0.482 e. The van der Waals surface area contributed by atoms with Gasteiger partial charge in [0.25, 0.3) is 5.91 Å². The van der Waals surface area contributed by atoms with Crippen LogP contribution in [0.15, 0.2) is 48.5 Å². The topological polar surface area (TPSA) is 85.3 Å². The molecule has 0 aromatic heterocycles. The molecule has 0 radical (unpaired) electrons. The molecule has 2 atom stereocenters. The molecule has 2 aromatic rings. The van der Waals surface area contributed by atoms with Gasteiger partial charge >= 0.3 is 5.97 Å². The van der Waals surface area contributed by atoms with Crippen LogP contribution < -0.4 is 14.2 Å². The summed E-state index contributed by atoms with van der Waals surface area (Å²) in [5.41, 5.74) is 0.887. The maximum absolute atomic E-state index is 12.8. The quantitative estimate of drug-likeness (QED) is 0.839. The summed E-state index contributed by atoms with van der Waals surface area (Å²) >= 11 is 0. The first kappa shape index (κ1) is 18.6. The molecule has 7 heteroatoms. The zero-order valence-corrected chi connectivity index (χ0v) is 15.1. The van der Waals surface area contributed by atoms with Gasteiger partial charge in [0.15, 0.2) is 18.1 Å². The number of amides is 1. The van der Waals surface area contributed by atoms with Crippen molar-refractivity contribution in [3.05, 3.63) is 54.1 Å². The van der Waals surface area contributed by atoms with E-state index >= 15 is 0 Å². The Morgan fingerprint density at radius 2 is 1.70 bits per heavy atom. The van der Waals surface area contributed by atoms with Crippen LogP contribution in [0.2, 0.25) is 0 Å². The molecule has 0 spiro atoms. The average Bonchev–Trinajstić information content (AvgIpc) is 2.66. The molecule has 0 saturated carbocycles. The summed E-state index contributed by atoms with van der Waals surface area (Å²) in [6, 6.07) is 14.2. The number of hydrogen-bond donors (Lipinski definition) is 1. The lowest BCUT2D eigenvalue weighted by atomic mass is 10.1. The third-order valence-electron chi connectivity index (χ3n) is 4.17. The lowest BCUT2D eigenvalue weighted by molar-refractivity contribution is -0.143. The number of likely N-dealkylation sites (N-methyl/N-ethyl adjacent to an activating group) is 1. The SMILES string of the molecule is CC1Oc2ccccc2OC1C(=O)N(C)Cc1ccc(OCC(=O)O)cc1. The highest BCUT2D eigenvalue weighted by atomic mass is 16.6.